The summed E-state index contributed by atoms with van der Waals surface area (Å²) in [6, 6.07) is 16.6. The zero-order chi connectivity index (χ0) is 22.3. The van der Waals surface area contributed by atoms with Crippen LogP contribution in [0, 0.1) is 5.82 Å². The van der Waals surface area contributed by atoms with Gasteiger partial charge in [0.1, 0.15) is 25.6 Å². The Balaban J connectivity index is 1.36. The minimum atomic E-state index is -0.168. The Morgan fingerprint density at radius 1 is 1.00 bits per heavy atom. The fourth-order valence-corrected chi connectivity index (χ4v) is 4.11. The first-order valence-electron chi connectivity index (χ1n) is 10.5. The van der Waals surface area contributed by atoms with E-state index in [0.717, 1.165) is 27.1 Å². The summed E-state index contributed by atoms with van der Waals surface area (Å²) in [5, 5.41) is 3.35. The summed E-state index contributed by atoms with van der Waals surface area (Å²) >= 11 is 3.60. The number of fused-ring (bicyclic) bond motifs is 1. The average Bonchev–Trinajstić information content (AvgIpc) is 2.81. The van der Waals surface area contributed by atoms with Gasteiger partial charge in [0.15, 0.2) is 23.0 Å². The van der Waals surface area contributed by atoms with Crippen LogP contribution in [0.5, 0.6) is 23.0 Å². The number of hydrogen-bond donors (Lipinski definition) is 1. The standard InChI is InChI=1S/C25H25BrFNO4/c1-29-24-14-18(15-28-9-8-19-4-2-3-5-21(19)27)12-20(26)25(24)32-16-17-6-7-22-23(13-17)31-11-10-30-22/h2-7,12-14,28H,8-11,15-16H2,1H3. The van der Waals surface area contributed by atoms with Crippen LogP contribution < -0.4 is 24.3 Å². The van der Waals surface area contributed by atoms with E-state index < -0.39 is 0 Å². The second-order valence-electron chi connectivity index (χ2n) is 7.39. The number of methoxy groups -OCH3 is 1. The molecule has 3 aromatic rings. The van der Waals surface area contributed by atoms with Crippen molar-refractivity contribution in [1.82, 2.24) is 5.32 Å². The van der Waals surface area contributed by atoms with Gasteiger partial charge in [-0.3, -0.25) is 0 Å². The zero-order valence-corrected chi connectivity index (χ0v) is 19.4. The minimum absolute atomic E-state index is 0.168. The highest BCUT2D eigenvalue weighted by atomic mass is 79.9. The molecule has 0 bridgehead atoms. The first-order valence-corrected chi connectivity index (χ1v) is 11.2. The fourth-order valence-electron chi connectivity index (χ4n) is 3.51. The molecule has 168 valence electrons. The highest BCUT2D eigenvalue weighted by Gasteiger charge is 2.15. The van der Waals surface area contributed by atoms with Gasteiger partial charge in [0, 0.05) is 6.54 Å². The molecule has 7 heteroatoms. The lowest BCUT2D eigenvalue weighted by molar-refractivity contribution is 0.171. The molecular weight excluding hydrogens is 477 g/mol. The molecule has 1 heterocycles. The average molecular weight is 502 g/mol. The van der Waals surface area contributed by atoms with Crippen LogP contribution in [0.1, 0.15) is 16.7 Å². The molecule has 0 radical (unpaired) electrons. The van der Waals surface area contributed by atoms with Crippen LogP contribution in [0.4, 0.5) is 4.39 Å². The number of rotatable bonds is 9. The van der Waals surface area contributed by atoms with Gasteiger partial charge in [-0.1, -0.05) is 24.3 Å². The molecule has 0 atom stereocenters. The predicted octanol–water partition coefficient (Wildman–Crippen LogP) is 5.28. The summed E-state index contributed by atoms with van der Waals surface area (Å²) in [4.78, 5) is 0. The van der Waals surface area contributed by atoms with Gasteiger partial charge in [-0.05, 0) is 75.9 Å². The van der Waals surface area contributed by atoms with Crippen molar-refractivity contribution in [1.29, 1.82) is 0 Å². The lowest BCUT2D eigenvalue weighted by atomic mass is 10.1. The van der Waals surface area contributed by atoms with E-state index >= 15 is 0 Å². The van der Waals surface area contributed by atoms with E-state index in [9.17, 15) is 4.39 Å². The van der Waals surface area contributed by atoms with Crippen molar-refractivity contribution < 1.29 is 23.3 Å². The monoisotopic (exact) mass is 501 g/mol. The molecule has 0 aliphatic carbocycles. The minimum Gasteiger partial charge on any atom is -0.493 e. The molecule has 3 aromatic carbocycles. The van der Waals surface area contributed by atoms with E-state index in [2.05, 4.69) is 21.2 Å². The summed E-state index contributed by atoms with van der Waals surface area (Å²) in [5.41, 5.74) is 2.72. The van der Waals surface area contributed by atoms with Crippen molar-refractivity contribution >= 4 is 15.9 Å². The largest absolute Gasteiger partial charge is 0.493 e. The molecule has 0 saturated heterocycles. The molecule has 5 nitrogen and oxygen atoms in total. The van der Waals surface area contributed by atoms with Gasteiger partial charge in [-0.2, -0.15) is 0 Å². The van der Waals surface area contributed by atoms with E-state index in [1.807, 2.05) is 42.5 Å². The summed E-state index contributed by atoms with van der Waals surface area (Å²) in [6.07, 6.45) is 0.627. The molecule has 0 unspecified atom stereocenters. The van der Waals surface area contributed by atoms with Crippen molar-refractivity contribution in [3.63, 3.8) is 0 Å². The predicted molar refractivity (Wildman–Crippen MR) is 124 cm³/mol. The first-order chi connectivity index (χ1) is 15.6. The van der Waals surface area contributed by atoms with Gasteiger partial charge in [-0.25, -0.2) is 4.39 Å². The molecule has 0 spiro atoms. The number of hydrogen-bond acceptors (Lipinski definition) is 5. The maximum absolute atomic E-state index is 13.7. The number of nitrogens with one attached hydrogen (secondary N) is 1. The van der Waals surface area contributed by atoms with E-state index in [1.54, 1.807) is 13.2 Å². The Kier molecular flexibility index (Phi) is 7.50. The number of benzene rings is 3. The van der Waals surface area contributed by atoms with Gasteiger partial charge in [0.25, 0.3) is 0 Å². The molecule has 0 saturated carbocycles. The van der Waals surface area contributed by atoms with Crippen LogP contribution >= 0.6 is 15.9 Å². The lowest BCUT2D eigenvalue weighted by Gasteiger charge is -2.19. The van der Waals surface area contributed by atoms with Crippen LogP contribution in [0.3, 0.4) is 0 Å². The van der Waals surface area contributed by atoms with Crippen LogP contribution in [-0.2, 0) is 19.6 Å². The summed E-state index contributed by atoms with van der Waals surface area (Å²) < 4.78 is 37.4. The zero-order valence-electron chi connectivity index (χ0n) is 17.8. The molecule has 0 aromatic heterocycles. The Labute approximate surface area is 195 Å². The third kappa shape index (κ3) is 5.53. The summed E-state index contributed by atoms with van der Waals surface area (Å²) in [7, 11) is 1.62. The van der Waals surface area contributed by atoms with Crippen LogP contribution in [-0.4, -0.2) is 26.9 Å². The van der Waals surface area contributed by atoms with E-state index in [1.165, 1.54) is 6.07 Å². The topological polar surface area (TPSA) is 49.0 Å². The Morgan fingerprint density at radius 2 is 1.81 bits per heavy atom. The molecule has 4 rings (SSSR count). The van der Waals surface area contributed by atoms with Crippen LogP contribution in [0.15, 0.2) is 59.1 Å². The third-order valence-corrected chi connectivity index (χ3v) is 5.73. The van der Waals surface area contributed by atoms with E-state index in [-0.39, 0.29) is 5.82 Å². The molecule has 0 fully saturated rings. The van der Waals surface area contributed by atoms with Crippen LogP contribution in [0.25, 0.3) is 0 Å². The second-order valence-corrected chi connectivity index (χ2v) is 8.25. The van der Waals surface area contributed by atoms with Crippen LogP contribution in [0.2, 0.25) is 0 Å². The van der Waals surface area contributed by atoms with Crippen molar-refractivity contribution in [2.24, 2.45) is 0 Å². The van der Waals surface area contributed by atoms with Crippen molar-refractivity contribution in [2.45, 2.75) is 19.6 Å². The summed E-state index contributed by atoms with van der Waals surface area (Å²) in [6.45, 7) is 2.78. The van der Waals surface area contributed by atoms with Crippen molar-refractivity contribution in [3.8, 4) is 23.0 Å². The number of ether oxygens (including phenoxy) is 4. The molecule has 1 aliphatic heterocycles. The van der Waals surface area contributed by atoms with Crippen molar-refractivity contribution in [3.05, 3.63) is 81.6 Å². The highest BCUT2D eigenvalue weighted by Crippen LogP contribution is 2.38. The molecule has 1 aliphatic rings. The Bertz CT molecular complexity index is 1080. The molecule has 1 N–H and O–H groups in total. The quantitative estimate of drug-likeness (QED) is 0.404. The Hall–Kier alpha value is -2.77. The summed E-state index contributed by atoms with van der Waals surface area (Å²) in [5.74, 6) is 2.60. The van der Waals surface area contributed by atoms with Gasteiger partial charge in [0.2, 0.25) is 0 Å². The molecule has 32 heavy (non-hydrogen) atoms. The molecular formula is C25H25BrFNO4. The normalized spacial score (nSPS) is 12.5. The van der Waals surface area contributed by atoms with Gasteiger partial charge in [0.05, 0.1) is 11.6 Å². The maximum atomic E-state index is 13.7. The SMILES string of the molecule is COc1cc(CNCCc2ccccc2F)cc(Br)c1OCc1ccc2c(c1)OCCO2. The first kappa shape index (κ1) is 22.4. The Morgan fingerprint density at radius 3 is 2.62 bits per heavy atom. The van der Waals surface area contributed by atoms with Gasteiger partial charge < -0.3 is 24.3 Å². The third-order valence-electron chi connectivity index (χ3n) is 5.14. The maximum Gasteiger partial charge on any atom is 0.175 e. The van der Waals surface area contributed by atoms with Crippen molar-refractivity contribution in [2.75, 3.05) is 26.9 Å². The second kappa shape index (κ2) is 10.7. The lowest BCUT2D eigenvalue weighted by Crippen LogP contribution is -2.17. The van der Waals surface area contributed by atoms with Gasteiger partial charge in [-0.15, -0.1) is 0 Å². The van der Waals surface area contributed by atoms with E-state index in [4.69, 9.17) is 18.9 Å². The highest BCUT2D eigenvalue weighted by molar-refractivity contribution is 9.10. The number of halogens is 2. The van der Waals surface area contributed by atoms with E-state index in [0.29, 0.717) is 56.4 Å². The fraction of sp³-hybridized carbons (Fsp3) is 0.280. The molecule has 0 amide bonds. The smallest absolute Gasteiger partial charge is 0.175 e. The van der Waals surface area contributed by atoms with Gasteiger partial charge >= 0.3 is 0 Å².